The van der Waals surface area contributed by atoms with Crippen molar-refractivity contribution < 1.29 is 9.90 Å². The number of phenolic OH excluding ortho intramolecular Hbond substituents is 1. The minimum absolute atomic E-state index is 0.102. The van der Waals surface area contributed by atoms with Crippen molar-refractivity contribution in [3.8, 4) is 5.75 Å². The van der Waals surface area contributed by atoms with E-state index in [0.717, 1.165) is 23.3 Å². The van der Waals surface area contributed by atoms with Gasteiger partial charge in [0.25, 0.3) is 0 Å². The maximum absolute atomic E-state index is 12.4. The summed E-state index contributed by atoms with van der Waals surface area (Å²) in [6, 6.07) is 7.31. The molecule has 3 nitrogen and oxygen atoms in total. The number of aromatic hydroxyl groups is 1. The van der Waals surface area contributed by atoms with Crippen LogP contribution in [0.4, 0.5) is 0 Å². The van der Waals surface area contributed by atoms with E-state index in [0.29, 0.717) is 18.6 Å². The van der Waals surface area contributed by atoms with E-state index >= 15 is 0 Å². The van der Waals surface area contributed by atoms with Crippen LogP contribution in [0.15, 0.2) is 24.3 Å². The van der Waals surface area contributed by atoms with Gasteiger partial charge < -0.3 is 10.4 Å². The molecule has 22 heavy (non-hydrogen) atoms. The number of carbonyl (C=O) groups excluding carboxylic acids is 1. The molecule has 0 aromatic heterocycles. The molecule has 4 saturated carbocycles. The molecule has 0 atom stereocenters. The summed E-state index contributed by atoms with van der Waals surface area (Å²) in [5.74, 6) is 3.01. The third kappa shape index (κ3) is 2.62. The molecule has 5 rings (SSSR count). The summed E-state index contributed by atoms with van der Waals surface area (Å²) in [5, 5.41) is 13.2. The van der Waals surface area contributed by atoms with Crippen molar-refractivity contribution in [3.05, 3.63) is 29.8 Å². The van der Waals surface area contributed by atoms with Crippen LogP contribution in [0.25, 0.3) is 0 Å². The summed E-state index contributed by atoms with van der Waals surface area (Å²) in [6.07, 6.45) is 8.86. The maximum Gasteiger partial charge on any atom is 0.220 e. The molecule has 118 valence electrons. The van der Waals surface area contributed by atoms with Gasteiger partial charge in [0.05, 0.1) is 0 Å². The normalized spacial score (nSPS) is 35.5. The standard InChI is InChI=1S/C19H25NO2/c21-17-4-2-1-3-16(17)5-6-18(22)20-19-10-13-7-14(11-19)9-15(8-13)12-19/h1-4,13-15,21H,5-12H2,(H,20,22). The minimum Gasteiger partial charge on any atom is -0.508 e. The van der Waals surface area contributed by atoms with Crippen LogP contribution >= 0.6 is 0 Å². The third-order valence-electron chi connectivity index (χ3n) is 6.06. The molecule has 1 amide bonds. The van der Waals surface area contributed by atoms with Gasteiger partial charge in [-0.2, -0.15) is 0 Å². The fourth-order valence-electron chi connectivity index (χ4n) is 5.59. The average molecular weight is 299 g/mol. The topological polar surface area (TPSA) is 49.3 Å². The molecule has 0 saturated heterocycles. The molecular formula is C19H25NO2. The molecule has 2 N–H and O–H groups in total. The molecule has 4 bridgehead atoms. The third-order valence-corrected chi connectivity index (χ3v) is 6.06. The summed E-state index contributed by atoms with van der Waals surface area (Å²) < 4.78 is 0. The van der Waals surface area contributed by atoms with Gasteiger partial charge in [-0.05, 0) is 74.3 Å². The van der Waals surface area contributed by atoms with Crippen molar-refractivity contribution in [1.82, 2.24) is 5.32 Å². The van der Waals surface area contributed by atoms with Crippen molar-refractivity contribution in [3.63, 3.8) is 0 Å². The summed E-state index contributed by atoms with van der Waals surface area (Å²) >= 11 is 0. The van der Waals surface area contributed by atoms with Crippen LogP contribution in [0.5, 0.6) is 5.75 Å². The Morgan fingerprint density at radius 2 is 1.68 bits per heavy atom. The summed E-state index contributed by atoms with van der Waals surface area (Å²) in [4.78, 5) is 12.4. The highest BCUT2D eigenvalue weighted by molar-refractivity contribution is 5.77. The second-order valence-corrected chi connectivity index (χ2v) is 7.87. The number of benzene rings is 1. The van der Waals surface area contributed by atoms with E-state index in [9.17, 15) is 9.90 Å². The molecule has 0 aliphatic heterocycles. The molecule has 4 aliphatic rings. The Hall–Kier alpha value is -1.51. The molecule has 1 aromatic rings. The summed E-state index contributed by atoms with van der Waals surface area (Å²) in [5.41, 5.74) is 0.966. The van der Waals surface area contributed by atoms with E-state index in [2.05, 4.69) is 5.32 Å². The van der Waals surface area contributed by atoms with Crippen LogP contribution in [0, 0.1) is 17.8 Å². The van der Waals surface area contributed by atoms with E-state index in [1.165, 1.54) is 38.5 Å². The Bertz CT molecular complexity index is 545. The molecule has 4 fully saturated rings. The lowest BCUT2D eigenvalue weighted by molar-refractivity contribution is -0.126. The first-order chi connectivity index (χ1) is 10.6. The van der Waals surface area contributed by atoms with Crippen LogP contribution < -0.4 is 5.32 Å². The SMILES string of the molecule is O=C(CCc1ccccc1O)NC12CC3CC(CC(C3)C1)C2. The Morgan fingerprint density at radius 3 is 2.27 bits per heavy atom. The maximum atomic E-state index is 12.4. The van der Waals surface area contributed by atoms with Gasteiger partial charge in [0.2, 0.25) is 5.91 Å². The van der Waals surface area contributed by atoms with Crippen molar-refractivity contribution in [1.29, 1.82) is 0 Å². The quantitative estimate of drug-likeness (QED) is 0.895. The number of hydrogen-bond acceptors (Lipinski definition) is 2. The number of nitrogens with one attached hydrogen (secondary N) is 1. The number of rotatable bonds is 4. The Labute approximate surface area is 132 Å². The summed E-state index contributed by atoms with van der Waals surface area (Å²) in [6.45, 7) is 0. The van der Waals surface area contributed by atoms with E-state index in [1.54, 1.807) is 6.07 Å². The van der Waals surface area contributed by atoms with Gasteiger partial charge in [-0.3, -0.25) is 4.79 Å². The highest BCUT2D eigenvalue weighted by Gasteiger charge is 2.51. The monoisotopic (exact) mass is 299 g/mol. The summed E-state index contributed by atoms with van der Waals surface area (Å²) in [7, 11) is 0. The van der Waals surface area contributed by atoms with Gasteiger partial charge in [0.15, 0.2) is 0 Å². The number of phenols is 1. The van der Waals surface area contributed by atoms with E-state index in [4.69, 9.17) is 0 Å². The lowest BCUT2D eigenvalue weighted by Gasteiger charge is -2.56. The first-order valence-electron chi connectivity index (χ1n) is 8.70. The molecule has 4 aliphatic carbocycles. The van der Waals surface area contributed by atoms with Gasteiger partial charge in [0, 0.05) is 12.0 Å². The predicted octanol–water partition coefficient (Wildman–Crippen LogP) is 3.41. The molecule has 0 radical (unpaired) electrons. The minimum atomic E-state index is 0.102. The van der Waals surface area contributed by atoms with Crippen LogP contribution in [0.1, 0.15) is 50.5 Å². The van der Waals surface area contributed by atoms with Crippen LogP contribution in [-0.4, -0.2) is 16.6 Å². The Morgan fingerprint density at radius 1 is 1.09 bits per heavy atom. The van der Waals surface area contributed by atoms with E-state index in [1.807, 2.05) is 18.2 Å². The van der Waals surface area contributed by atoms with Gasteiger partial charge in [0.1, 0.15) is 5.75 Å². The van der Waals surface area contributed by atoms with E-state index in [-0.39, 0.29) is 11.4 Å². The van der Waals surface area contributed by atoms with Crippen LogP contribution in [-0.2, 0) is 11.2 Å². The fourth-order valence-corrected chi connectivity index (χ4v) is 5.59. The van der Waals surface area contributed by atoms with Crippen LogP contribution in [0.2, 0.25) is 0 Å². The highest BCUT2D eigenvalue weighted by atomic mass is 16.3. The Kier molecular flexibility index (Phi) is 3.39. The molecule has 0 heterocycles. The lowest BCUT2D eigenvalue weighted by Crippen LogP contribution is -2.59. The van der Waals surface area contributed by atoms with Gasteiger partial charge in [-0.25, -0.2) is 0 Å². The van der Waals surface area contributed by atoms with Crippen LogP contribution in [0.3, 0.4) is 0 Å². The van der Waals surface area contributed by atoms with Gasteiger partial charge in [-0.1, -0.05) is 18.2 Å². The number of hydrogen-bond donors (Lipinski definition) is 2. The van der Waals surface area contributed by atoms with Crippen molar-refractivity contribution in [2.75, 3.05) is 0 Å². The zero-order valence-electron chi connectivity index (χ0n) is 13.1. The largest absolute Gasteiger partial charge is 0.508 e. The lowest BCUT2D eigenvalue weighted by atomic mass is 9.53. The number of para-hydroxylation sites is 1. The van der Waals surface area contributed by atoms with E-state index < -0.39 is 0 Å². The molecule has 0 spiro atoms. The second-order valence-electron chi connectivity index (χ2n) is 7.87. The molecule has 3 heteroatoms. The zero-order valence-corrected chi connectivity index (χ0v) is 13.1. The van der Waals surface area contributed by atoms with Gasteiger partial charge in [-0.15, -0.1) is 0 Å². The first kappa shape index (κ1) is 14.1. The van der Waals surface area contributed by atoms with Crippen molar-refractivity contribution in [2.45, 2.75) is 56.9 Å². The van der Waals surface area contributed by atoms with Crippen molar-refractivity contribution in [2.24, 2.45) is 17.8 Å². The second kappa shape index (κ2) is 5.29. The average Bonchev–Trinajstić information content (AvgIpc) is 2.44. The molecule has 1 aromatic carbocycles. The smallest absolute Gasteiger partial charge is 0.220 e. The predicted molar refractivity (Wildman–Crippen MR) is 85.5 cm³/mol. The Balaban J connectivity index is 1.37. The molecule has 0 unspecified atom stereocenters. The van der Waals surface area contributed by atoms with Gasteiger partial charge >= 0.3 is 0 Å². The highest BCUT2D eigenvalue weighted by Crippen LogP contribution is 2.55. The number of carbonyl (C=O) groups is 1. The number of amides is 1. The number of aryl methyl sites for hydroxylation is 1. The molecular weight excluding hydrogens is 274 g/mol. The zero-order chi connectivity index (χ0) is 15.2. The first-order valence-corrected chi connectivity index (χ1v) is 8.70. The van der Waals surface area contributed by atoms with Crippen molar-refractivity contribution >= 4 is 5.91 Å². The fraction of sp³-hybridized carbons (Fsp3) is 0.632.